The summed E-state index contributed by atoms with van der Waals surface area (Å²) in [5, 5.41) is 1.25. The van der Waals surface area contributed by atoms with Gasteiger partial charge in [-0.25, -0.2) is 4.98 Å². The topological polar surface area (TPSA) is 17.3 Å². The van der Waals surface area contributed by atoms with Gasteiger partial charge in [0, 0.05) is 22.5 Å². The van der Waals surface area contributed by atoms with Gasteiger partial charge in [0.1, 0.15) is 5.65 Å². The fourth-order valence-electron chi connectivity index (χ4n) is 2.05. The molecule has 0 aliphatic carbocycles. The Morgan fingerprint density at radius 2 is 1.94 bits per heavy atom. The SMILES string of the molecule is Cc1c(-c2ccc(Cl)cc2Cl)nc2ccccn12. The summed E-state index contributed by atoms with van der Waals surface area (Å²) < 4.78 is 2.04. The molecule has 0 saturated carbocycles. The highest BCUT2D eigenvalue weighted by atomic mass is 35.5. The Kier molecular flexibility index (Phi) is 2.77. The summed E-state index contributed by atoms with van der Waals surface area (Å²) in [5.74, 6) is 0. The van der Waals surface area contributed by atoms with Gasteiger partial charge in [-0.2, -0.15) is 0 Å². The van der Waals surface area contributed by atoms with Gasteiger partial charge in [0.25, 0.3) is 0 Å². The molecule has 0 bridgehead atoms. The smallest absolute Gasteiger partial charge is 0.137 e. The van der Waals surface area contributed by atoms with E-state index >= 15 is 0 Å². The van der Waals surface area contributed by atoms with E-state index in [0.717, 1.165) is 22.6 Å². The number of fused-ring (bicyclic) bond motifs is 1. The second-order valence-electron chi connectivity index (χ2n) is 4.10. The normalized spacial score (nSPS) is 11.1. The molecule has 2 nitrogen and oxygen atoms in total. The van der Waals surface area contributed by atoms with E-state index in [1.807, 2.05) is 47.9 Å². The van der Waals surface area contributed by atoms with Crippen LogP contribution >= 0.6 is 23.2 Å². The van der Waals surface area contributed by atoms with Crippen molar-refractivity contribution in [2.75, 3.05) is 0 Å². The molecule has 0 spiro atoms. The summed E-state index contributed by atoms with van der Waals surface area (Å²) >= 11 is 12.1. The average Bonchev–Trinajstić information content (AvgIpc) is 2.68. The minimum Gasteiger partial charge on any atom is -0.304 e. The monoisotopic (exact) mass is 276 g/mol. The van der Waals surface area contributed by atoms with Crippen LogP contribution in [0.25, 0.3) is 16.9 Å². The number of nitrogens with zero attached hydrogens (tertiary/aromatic N) is 2. The molecule has 90 valence electrons. The molecule has 0 N–H and O–H groups in total. The molecule has 0 radical (unpaired) electrons. The molecule has 0 fully saturated rings. The zero-order valence-corrected chi connectivity index (χ0v) is 11.2. The van der Waals surface area contributed by atoms with Crippen LogP contribution in [0.4, 0.5) is 0 Å². The second kappa shape index (κ2) is 4.30. The molecule has 4 heteroatoms. The van der Waals surface area contributed by atoms with E-state index in [1.165, 1.54) is 0 Å². The lowest BCUT2D eigenvalue weighted by Gasteiger charge is -2.03. The van der Waals surface area contributed by atoms with Crippen LogP contribution < -0.4 is 0 Å². The van der Waals surface area contributed by atoms with Crippen molar-refractivity contribution in [1.29, 1.82) is 0 Å². The summed E-state index contributed by atoms with van der Waals surface area (Å²) in [6.45, 7) is 2.03. The van der Waals surface area contributed by atoms with Crippen molar-refractivity contribution in [1.82, 2.24) is 9.38 Å². The Bertz CT molecular complexity index is 732. The van der Waals surface area contributed by atoms with Crippen LogP contribution in [0, 0.1) is 6.92 Å². The lowest BCUT2D eigenvalue weighted by molar-refractivity contribution is 1.11. The van der Waals surface area contributed by atoms with Crippen molar-refractivity contribution in [3.8, 4) is 11.3 Å². The predicted octanol–water partition coefficient (Wildman–Crippen LogP) is 4.62. The molecule has 1 aromatic carbocycles. The number of pyridine rings is 1. The Morgan fingerprint density at radius 3 is 2.67 bits per heavy atom. The number of imidazole rings is 1. The maximum atomic E-state index is 6.23. The van der Waals surface area contributed by atoms with Gasteiger partial charge in [0.05, 0.1) is 10.7 Å². The van der Waals surface area contributed by atoms with Gasteiger partial charge >= 0.3 is 0 Å². The fourth-order valence-corrected chi connectivity index (χ4v) is 2.55. The largest absolute Gasteiger partial charge is 0.304 e. The van der Waals surface area contributed by atoms with E-state index in [1.54, 1.807) is 6.07 Å². The van der Waals surface area contributed by atoms with E-state index in [4.69, 9.17) is 23.2 Å². The van der Waals surface area contributed by atoms with Gasteiger partial charge in [-0.05, 0) is 37.3 Å². The standard InChI is InChI=1S/C14H10Cl2N2/c1-9-14(11-6-5-10(15)8-12(11)16)17-13-4-2-3-7-18(9)13/h2-8H,1H3. The minimum absolute atomic E-state index is 0.619. The molecule has 0 amide bonds. The van der Waals surface area contributed by atoms with Crippen LogP contribution in [-0.2, 0) is 0 Å². The van der Waals surface area contributed by atoms with E-state index in [0.29, 0.717) is 10.0 Å². The van der Waals surface area contributed by atoms with Crippen LogP contribution in [0.15, 0.2) is 42.6 Å². The van der Waals surface area contributed by atoms with Gasteiger partial charge in [0.2, 0.25) is 0 Å². The summed E-state index contributed by atoms with van der Waals surface area (Å²) in [5.41, 5.74) is 3.77. The van der Waals surface area contributed by atoms with Crippen LogP contribution in [0.5, 0.6) is 0 Å². The Balaban J connectivity index is 2.28. The minimum atomic E-state index is 0.619. The third kappa shape index (κ3) is 1.78. The summed E-state index contributed by atoms with van der Waals surface area (Å²) in [7, 11) is 0. The maximum Gasteiger partial charge on any atom is 0.137 e. The third-order valence-electron chi connectivity index (χ3n) is 2.96. The Hall–Kier alpha value is -1.51. The number of rotatable bonds is 1. The first-order chi connectivity index (χ1) is 8.66. The molecular formula is C14H10Cl2N2. The Labute approximate surface area is 115 Å². The van der Waals surface area contributed by atoms with E-state index in [-0.39, 0.29) is 0 Å². The number of hydrogen-bond acceptors (Lipinski definition) is 1. The molecule has 3 rings (SSSR count). The van der Waals surface area contributed by atoms with Gasteiger partial charge in [-0.15, -0.1) is 0 Å². The molecule has 2 heterocycles. The molecule has 2 aromatic heterocycles. The van der Waals surface area contributed by atoms with Crippen molar-refractivity contribution in [3.63, 3.8) is 0 Å². The zero-order valence-electron chi connectivity index (χ0n) is 9.69. The highest BCUT2D eigenvalue weighted by Gasteiger charge is 2.12. The van der Waals surface area contributed by atoms with Crippen LogP contribution in [0.1, 0.15) is 5.69 Å². The van der Waals surface area contributed by atoms with Crippen molar-refractivity contribution < 1.29 is 0 Å². The maximum absolute atomic E-state index is 6.23. The van der Waals surface area contributed by atoms with Crippen molar-refractivity contribution >= 4 is 28.8 Å². The number of aromatic nitrogens is 2. The molecule has 18 heavy (non-hydrogen) atoms. The summed E-state index contributed by atoms with van der Waals surface area (Å²) in [6.07, 6.45) is 1.99. The number of aryl methyl sites for hydroxylation is 1. The molecular weight excluding hydrogens is 267 g/mol. The number of benzene rings is 1. The Morgan fingerprint density at radius 1 is 1.11 bits per heavy atom. The first-order valence-electron chi connectivity index (χ1n) is 5.56. The molecule has 0 saturated heterocycles. The first kappa shape index (κ1) is 11.6. The number of hydrogen-bond donors (Lipinski definition) is 0. The third-order valence-corrected chi connectivity index (χ3v) is 3.50. The molecule has 0 aliphatic rings. The van der Waals surface area contributed by atoms with Gasteiger partial charge in [-0.1, -0.05) is 29.3 Å². The summed E-state index contributed by atoms with van der Waals surface area (Å²) in [6, 6.07) is 11.4. The average molecular weight is 277 g/mol. The van der Waals surface area contributed by atoms with E-state index in [2.05, 4.69) is 4.98 Å². The zero-order chi connectivity index (χ0) is 12.7. The van der Waals surface area contributed by atoms with Crippen molar-refractivity contribution in [2.24, 2.45) is 0 Å². The second-order valence-corrected chi connectivity index (χ2v) is 4.94. The predicted molar refractivity (Wildman–Crippen MR) is 75.4 cm³/mol. The number of halogens is 2. The van der Waals surface area contributed by atoms with Crippen LogP contribution in [0.2, 0.25) is 10.0 Å². The van der Waals surface area contributed by atoms with Gasteiger partial charge < -0.3 is 4.40 Å². The van der Waals surface area contributed by atoms with E-state index in [9.17, 15) is 0 Å². The lowest BCUT2D eigenvalue weighted by Crippen LogP contribution is -1.86. The fraction of sp³-hybridized carbons (Fsp3) is 0.0714. The molecule has 0 aliphatic heterocycles. The first-order valence-corrected chi connectivity index (χ1v) is 6.31. The summed E-state index contributed by atoms with van der Waals surface area (Å²) in [4.78, 5) is 4.61. The molecule has 3 aromatic rings. The highest BCUT2D eigenvalue weighted by molar-refractivity contribution is 6.36. The van der Waals surface area contributed by atoms with Crippen LogP contribution in [0.3, 0.4) is 0 Å². The quantitative estimate of drug-likeness (QED) is 0.634. The van der Waals surface area contributed by atoms with E-state index < -0.39 is 0 Å². The molecule has 0 unspecified atom stereocenters. The molecule has 0 atom stereocenters. The van der Waals surface area contributed by atoms with Gasteiger partial charge in [-0.3, -0.25) is 0 Å². The van der Waals surface area contributed by atoms with Crippen molar-refractivity contribution in [2.45, 2.75) is 6.92 Å². The highest BCUT2D eigenvalue weighted by Crippen LogP contribution is 2.32. The van der Waals surface area contributed by atoms with Gasteiger partial charge in [0.15, 0.2) is 0 Å². The van der Waals surface area contributed by atoms with Crippen molar-refractivity contribution in [3.05, 3.63) is 58.3 Å². The lowest BCUT2D eigenvalue weighted by atomic mass is 10.1. The van der Waals surface area contributed by atoms with Crippen LogP contribution in [-0.4, -0.2) is 9.38 Å².